The maximum Gasteiger partial charge on any atom is 0.305 e. The molecule has 0 fully saturated rings. The maximum absolute atomic E-state index is 11.1. The molecular weight excluding hydrogens is 296 g/mol. The predicted octanol–water partition coefficient (Wildman–Crippen LogP) is 6.34. The Morgan fingerprint density at radius 2 is 1.71 bits per heavy atom. The molecule has 0 heterocycles. The molecule has 0 spiro atoms. The monoisotopic (exact) mass is 330 g/mol. The van der Waals surface area contributed by atoms with Crippen molar-refractivity contribution < 1.29 is 9.53 Å². The van der Waals surface area contributed by atoms with E-state index in [0.717, 1.165) is 19.3 Å². The van der Waals surface area contributed by atoms with Gasteiger partial charge >= 0.3 is 5.97 Å². The van der Waals surface area contributed by atoms with E-state index in [-0.39, 0.29) is 5.97 Å². The Balaban J connectivity index is 2.29. The number of unbranched alkanes of at least 4 members (excludes halogenated alkanes) is 7. The molecule has 0 bridgehead atoms. The summed E-state index contributed by atoms with van der Waals surface area (Å²) in [5, 5.41) is 0. The highest BCUT2D eigenvalue weighted by Crippen LogP contribution is 2.16. The van der Waals surface area contributed by atoms with Gasteiger partial charge in [-0.15, -0.1) is 0 Å². The van der Waals surface area contributed by atoms with Crippen molar-refractivity contribution in [1.29, 1.82) is 0 Å². The van der Waals surface area contributed by atoms with Gasteiger partial charge in [-0.25, -0.2) is 0 Å². The molecule has 134 valence electrons. The molecule has 0 aromatic heterocycles. The molecule has 1 rings (SSSR count). The third-order valence-corrected chi connectivity index (χ3v) is 4.38. The van der Waals surface area contributed by atoms with Crippen LogP contribution in [0.2, 0.25) is 0 Å². The second-order valence-electron chi connectivity index (χ2n) is 6.44. The van der Waals surface area contributed by atoms with Crippen molar-refractivity contribution in [1.82, 2.24) is 0 Å². The number of aryl methyl sites for hydroxylation is 1. The Bertz CT molecular complexity index is 477. The van der Waals surface area contributed by atoms with E-state index in [9.17, 15) is 4.79 Å². The fourth-order valence-electron chi connectivity index (χ4n) is 2.87. The van der Waals surface area contributed by atoms with Crippen LogP contribution in [0.15, 0.2) is 30.3 Å². The van der Waals surface area contributed by atoms with Crippen molar-refractivity contribution in [2.75, 3.05) is 7.11 Å². The highest BCUT2D eigenvalue weighted by Gasteiger charge is 2.00. The molecule has 24 heavy (non-hydrogen) atoms. The number of methoxy groups -OCH3 is 1. The highest BCUT2D eigenvalue weighted by molar-refractivity contribution is 5.69. The largest absolute Gasteiger partial charge is 0.469 e. The average molecular weight is 331 g/mol. The summed E-state index contributed by atoms with van der Waals surface area (Å²) in [5.41, 5.74) is 2.76. The van der Waals surface area contributed by atoms with Crippen LogP contribution in [-0.4, -0.2) is 13.1 Å². The Morgan fingerprint density at radius 1 is 1.00 bits per heavy atom. The maximum atomic E-state index is 11.1. The summed E-state index contributed by atoms with van der Waals surface area (Å²) in [6, 6.07) is 8.66. The third kappa shape index (κ3) is 9.54. The summed E-state index contributed by atoms with van der Waals surface area (Å²) in [5.74, 6) is -0.122. The van der Waals surface area contributed by atoms with Gasteiger partial charge in [0.25, 0.3) is 0 Å². The Hall–Kier alpha value is -1.57. The van der Waals surface area contributed by atoms with Crippen LogP contribution in [0.3, 0.4) is 0 Å². The quantitative estimate of drug-likeness (QED) is 0.312. The topological polar surface area (TPSA) is 26.3 Å². The van der Waals surface area contributed by atoms with E-state index in [4.69, 9.17) is 0 Å². The molecule has 0 aliphatic carbocycles. The molecule has 0 saturated carbocycles. The fraction of sp³-hybridized carbons (Fsp3) is 0.591. The normalized spacial score (nSPS) is 11.1. The first-order valence-corrected chi connectivity index (χ1v) is 9.59. The van der Waals surface area contributed by atoms with Crippen LogP contribution in [0.5, 0.6) is 0 Å². The van der Waals surface area contributed by atoms with Gasteiger partial charge in [0, 0.05) is 6.42 Å². The zero-order valence-electron chi connectivity index (χ0n) is 15.6. The molecule has 1 aromatic carbocycles. The van der Waals surface area contributed by atoms with Gasteiger partial charge in [0.05, 0.1) is 7.11 Å². The zero-order chi connectivity index (χ0) is 17.5. The average Bonchev–Trinajstić information content (AvgIpc) is 2.61. The molecule has 1 aromatic rings. The third-order valence-electron chi connectivity index (χ3n) is 4.38. The van der Waals surface area contributed by atoms with Gasteiger partial charge in [-0.2, -0.15) is 0 Å². The van der Waals surface area contributed by atoms with Gasteiger partial charge in [-0.1, -0.05) is 81.9 Å². The van der Waals surface area contributed by atoms with E-state index in [1.54, 1.807) is 0 Å². The highest BCUT2D eigenvalue weighted by atomic mass is 16.5. The van der Waals surface area contributed by atoms with E-state index in [1.165, 1.54) is 63.2 Å². The minimum Gasteiger partial charge on any atom is -0.469 e. The van der Waals surface area contributed by atoms with Crippen LogP contribution in [0, 0.1) is 0 Å². The van der Waals surface area contributed by atoms with Crippen LogP contribution in [0.25, 0.3) is 6.08 Å². The number of hydrogen-bond donors (Lipinski definition) is 0. The molecule has 0 unspecified atom stereocenters. The first-order chi connectivity index (χ1) is 11.8. The summed E-state index contributed by atoms with van der Waals surface area (Å²) in [6.45, 7) is 2.26. The molecule has 0 aliphatic rings. The predicted molar refractivity (Wildman–Crippen MR) is 103 cm³/mol. The van der Waals surface area contributed by atoms with Gasteiger partial charge in [0.15, 0.2) is 0 Å². The Labute approximate surface area is 148 Å². The first-order valence-electron chi connectivity index (χ1n) is 9.59. The first kappa shape index (κ1) is 20.5. The zero-order valence-corrected chi connectivity index (χ0v) is 15.6. The van der Waals surface area contributed by atoms with Gasteiger partial charge in [-0.3, -0.25) is 4.79 Å². The number of hydrogen-bond acceptors (Lipinski definition) is 2. The second kappa shape index (κ2) is 13.8. The molecule has 0 N–H and O–H groups in total. The lowest BCUT2D eigenvalue weighted by Crippen LogP contribution is -1.98. The van der Waals surface area contributed by atoms with Crippen molar-refractivity contribution in [3.05, 3.63) is 41.5 Å². The molecular formula is C22H34O2. The Kier molecular flexibility index (Phi) is 11.8. The second-order valence-corrected chi connectivity index (χ2v) is 6.44. The number of carbonyl (C=O) groups is 1. The summed E-state index contributed by atoms with van der Waals surface area (Å²) >= 11 is 0. The van der Waals surface area contributed by atoms with Crippen molar-refractivity contribution in [2.45, 2.75) is 77.6 Å². The van der Waals surface area contributed by atoms with E-state index in [0.29, 0.717) is 6.42 Å². The van der Waals surface area contributed by atoms with Crippen LogP contribution in [0.4, 0.5) is 0 Å². The van der Waals surface area contributed by atoms with Crippen LogP contribution in [-0.2, 0) is 16.0 Å². The molecule has 0 aliphatic heterocycles. The van der Waals surface area contributed by atoms with Gasteiger partial charge in [-0.05, 0) is 36.8 Å². The SMILES string of the molecule is CCCCCCCCCc1ccccc1C=CCCCC(=O)OC. The van der Waals surface area contributed by atoms with E-state index < -0.39 is 0 Å². The number of esters is 1. The Morgan fingerprint density at radius 3 is 2.46 bits per heavy atom. The number of carbonyl (C=O) groups excluding carboxylic acids is 1. The smallest absolute Gasteiger partial charge is 0.305 e. The minimum absolute atomic E-state index is 0.122. The molecule has 2 nitrogen and oxygen atoms in total. The van der Waals surface area contributed by atoms with Gasteiger partial charge < -0.3 is 4.74 Å². The standard InChI is InChI=1S/C22H34O2/c1-3-4-5-6-7-8-10-15-20-17-13-14-18-21(20)16-11-9-12-19-22(23)24-2/h11,13-14,16-18H,3-10,12,15,19H2,1-2H3. The van der Waals surface area contributed by atoms with Gasteiger partial charge in [0.2, 0.25) is 0 Å². The van der Waals surface area contributed by atoms with Crippen LogP contribution in [0.1, 0.15) is 82.3 Å². The lowest BCUT2D eigenvalue weighted by molar-refractivity contribution is -0.140. The van der Waals surface area contributed by atoms with Crippen LogP contribution < -0.4 is 0 Å². The van der Waals surface area contributed by atoms with Crippen molar-refractivity contribution in [3.8, 4) is 0 Å². The van der Waals surface area contributed by atoms with Crippen molar-refractivity contribution in [2.24, 2.45) is 0 Å². The lowest BCUT2D eigenvalue weighted by Gasteiger charge is -2.06. The van der Waals surface area contributed by atoms with Gasteiger partial charge in [0.1, 0.15) is 0 Å². The van der Waals surface area contributed by atoms with Crippen molar-refractivity contribution in [3.63, 3.8) is 0 Å². The van der Waals surface area contributed by atoms with E-state index in [1.807, 2.05) is 0 Å². The van der Waals surface area contributed by atoms with E-state index in [2.05, 4.69) is 48.1 Å². The lowest BCUT2D eigenvalue weighted by atomic mass is 9.99. The number of allylic oxidation sites excluding steroid dienone is 1. The summed E-state index contributed by atoms with van der Waals surface area (Å²) < 4.78 is 4.66. The number of benzene rings is 1. The number of rotatable bonds is 13. The summed E-state index contributed by atoms with van der Waals surface area (Å²) in [6.07, 6.45) is 17.3. The molecule has 0 saturated heterocycles. The summed E-state index contributed by atoms with van der Waals surface area (Å²) in [4.78, 5) is 11.1. The molecule has 2 heteroatoms. The minimum atomic E-state index is -0.122. The summed E-state index contributed by atoms with van der Waals surface area (Å²) in [7, 11) is 1.44. The molecule has 0 radical (unpaired) electrons. The fourth-order valence-corrected chi connectivity index (χ4v) is 2.87. The van der Waals surface area contributed by atoms with Crippen LogP contribution >= 0.6 is 0 Å². The van der Waals surface area contributed by atoms with E-state index >= 15 is 0 Å². The number of ether oxygens (including phenoxy) is 1. The van der Waals surface area contributed by atoms with Crippen molar-refractivity contribution >= 4 is 12.0 Å². The molecule has 0 amide bonds. The molecule has 0 atom stereocenters.